The molecule has 138 valence electrons. The van der Waals surface area contributed by atoms with Gasteiger partial charge in [-0.25, -0.2) is 9.78 Å². The fraction of sp³-hybridized carbons (Fsp3) is 0.625. The zero-order valence-electron chi connectivity index (χ0n) is 14.5. The number of nitrogen functional groups attached to an aromatic ring is 1. The van der Waals surface area contributed by atoms with E-state index >= 15 is 0 Å². The number of ether oxygens (including phenoxy) is 2. The fourth-order valence-electron chi connectivity index (χ4n) is 2.41. The summed E-state index contributed by atoms with van der Waals surface area (Å²) in [6.45, 7) is 7.50. The van der Waals surface area contributed by atoms with Crippen LogP contribution in [0.1, 0.15) is 33.6 Å². The van der Waals surface area contributed by atoms with Gasteiger partial charge < -0.3 is 31.1 Å². The molecule has 24 heavy (non-hydrogen) atoms. The van der Waals surface area contributed by atoms with Gasteiger partial charge in [0.15, 0.2) is 0 Å². The van der Waals surface area contributed by atoms with Crippen molar-refractivity contribution in [2.24, 2.45) is 5.92 Å². The molecule has 0 aliphatic carbocycles. The van der Waals surface area contributed by atoms with E-state index in [0.29, 0.717) is 24.7 Å². The summed E-state index contributed by atoms with van der Waals surface area (Å²) in [6.07, 6.45) is 3.37. The van der Waals surface area contributed by atoms with Gasteiger partial charge in [0.1, 0.15) is 5.60 Å². The monoisotopic (exact) mass is 343 g/mol. The maximum absolute atomic E-state index is 12.1. The Bertz CT molecular complexity index is 519. The largest absolute Gasteiger partial charge is 0.476 e. The Balaban J connectivity index is 0.00000264. The number of hydrogen-bond acceptors (Lipinski definition) is 5. The van der Waals surface area contributed by atoms with E-state index in [-0.39, 0.29) is 23.0 Å². The maximum Gasteiger partial charge on any atom is 0.410 e. The Hall–Kier alpha value is -2.06. The predicted octanol–water partition coefficient (Wildman–Crippen LogP) is 1.04. The highest BCUT2D eigenvalue weighted by Gasteiger charge is 2.28. The molecule has 1 fully saturated rings. The number of likely N-dealkylation sites (tertiary alicyclic amines) is 1. The van der Waals surface area contributed by atoms with Crippen molar-refractivity contribution in [3.8, 4) is 5.88 Å². The van der Waals surface area contributed by atoms with Gasteiger partial charge in [0.05, 0.1) is 12.3 Å². The third kappa shape index (κ3) is 6.59. The Kier molecular flexibility index (Phi) is 8.49. The molecule has 2 rings (SSSR count). The van der Waals surface area contributed by atoms with Crippen LogP contribution in [0.2, 0.25) is 0 Å². The summed E-state index contributed by atoms with van der Waals surface area (Å²) in [5, 5.41) is 0. The second-order valence-electron chi connectivity index (χ2n) is 6.64. The van der Waals surface area contributed by atoms with Gasteiger partial charge in [-0.1, -0.05) is 0 Å². The number of nitrogens with zero attached hydrogens (tertiary/aromatic N) is 2. The molecule has 2 heterocycles. The molecule has 1 amide bonds. The summed E-state index contributed by atoms with van der Waals surface area (Å²) >= 11 is 0. The summed E-state index contributed by atoms with van der Waals surface area (Å²) in [7, 11) is 0. The Morgan fingerprint density at radius 2 is 2.12 bits per heavy atom. The highest BCUT2D eigenvalue weighted by Crippen LogP contribution is 2.22. The lowest BCUT2D eigenvalue weighted by molar-refractivity contribution is 0.0138. The van der Waals surface area contributed by atoms with Crippen LogP contribution in [-0.2, 0) is 4.74 Å². The normalized spacial score (nSPS) is 17.3. The van der Waals surface area contributed by atoms with E-state index in [1.165, 1.54) is 0 Å². The van der Waals surface area contributed by atoms with Crippen LogP contribution in [0.25, 0.3) is 0 Å². The Labute approximate surface area is 142 Å². The van der Waals surface area contributed by atoms with Crippen LogP contribution >= 0.6 is 0 Å². The highest BCUT2D eigenvalue weighted by molar-refractivity contribution is 5.68. The second kappa shape index (κ2) is 9.29. The van der Waals surface area contributed by atoms with Crippen LogP contribution in [0.15, 0.2) is 18.3 Å². The third-order valence-corrected chi connectivity index (χ3v) is 3.43. The number of aromatic nitrogens is 1. The van der Waals surface area contributed by atoms with Crippen molar-refractivity contribution in [3.63, 3.8) is 0 Å². The molecule has 1 aromatic rings. The van der Waals surface area contributed by atoms with Crippen LogP contribution < -0.4 is 10.5 Å². The van der Waals surface area contributed by atoms with Crippen molar-refractivity contribution in [1.29, 1.82) is 0 Å². The average molecular weight is 343 g/mol. The quantitative estimate of drug-likeness (QED) is 0.872. The number of anilines is 1. The number of hydrogen-bond donors (Lipinski definition) is 1. The Morgan fingerprint density at radius 1 is 1.42 bits per heavy atom. The first kappa shape index (κ1) is 21.9. The minimum absolute atomic E-state index is 0. The lowest BCUT2D eigenvalue weighted by Crippen LogP contribution is -2.44. The molecule has 0 spiro atoms. The first-order chi connectivity index (χ1) is 10.3. The maximum atomic E-state index is 12.1. The number of amides is 1. The van der Waals surface area contributed by atoms with Crippen molar-refractivity contribution in [1.82, 2.24) is 9.88 Å². The lowest BCUT2D eigenvalue weighted by Gasteiger charge is -2.34. The second-order valence-corrected chi connectivity index (χ2v) is 6.64. The summed E-state index contributed by atoms with van der Waals surface area (Å²) < 4.78 is 11.1. The topological polar surface area (TPSA) is 141 Å². The summed E-state index contributed by atoms with van der Waals surface area (Å²) in [4.78, 5) is 18.0. The lowest BCUT2D eigenvalue weighted by atomic mass is 9.99. The van der Waals surface area contributed by atoms with Gasteiger partial charge in [0.2, 0.25) is 5.88 Å². The van der Waals surface area contributed by atoms with Gasteiger partial charge in [-0.2, -0.15) is 0 Å². The van der Waals surface area contributed by atoms with Gasteiger partial charge in [0, 0.05) is 25.2 Å². The number of rotatable bonds is 3. The van der Waals surface area contributed by atoms with E-state index in [2.05, 4.69) is 4.98 Å². The number of piperidine rings is 1. The van der Waals surface area contributed by atoms with Crippen LogP contribution in [0, 0.1) is 5.92 Å². The number of carbonyl (C=O) groups is 1. The van der Waals surface area contributed by atoms with Crippen LogP contribution in [0.4, 0.5) is 10.5 Å². The van der Waals surface area contributed by atoms with E-state index in [0.717, 1.165) is 19.4 Å². The van der Waals surface area contributed by atoms with Gasteiger partial charge in [-0.3, -0.25) is 0 Å². The summed E-state index contributed by atoms with van der Waals surface area (Å²) in [6, 6.07) is 3.53. The van der Waals surface area contributed by atoms with Crippen molar-refractivity contribution < 1.29 is 25.2 Å². The molecule has 8 nitrogen and oxygen atoms in total. The molecule has 1 aromatic heterocycles. The number of pyridine rings is 1. The molecule has 8 heteroatoms. The van der Waals surface area contributed by atoms with E-state index in [4.69, 9.17) is 15.2 Å². The van der Waals surface area contributed by atoms with Gasteiger partial charge in [0.25, 0.3) is 0 Å². The first-order valence-corrected chi connectivity index (χ1v) is 7.66. The minimum atomic E-state index is -0.469. The van der Waals surface area contributed by atoms with Crippen molar-refractivity contribution >= 4 is 11.8 Å². The molecular weight excluding hydrogens is 314 g/mol. The molecule has 0 radical (unpaired) electrons. The zero-order valence-corrected chi connectivity index (χ0v) is 14.5. The molecule has 1 aliphatic rings. The SMILES string of the molecule is CC(C)(C)OC(=O)N1CCCC(COc2ncccc2N)C1.O.O. The highest BCUT2D eigenvalue weighted by atomic mass is 16.6. The summed E-state index contributed by atoms with van der Waals surface area (Å²) in [5.41, 5.74) is 5.87. The third-order valence-electron chi connectivity index (χ3n) is 3.43. The predicted molar refractivity (Wildman–Crippen MR) is 91.9 cm³/mol. The molecule has 1 aliphatic heterocycles. The Morgan fingerprint density at radius 3 is 2.75 bits per heavy atom. The molecule has 1 atom stereocenters. The van der Waals surface area contributed by atoms with Crippen LogP contribution in [0.3, 0.4) is 0 Å². The van der Waals surface area contributed by atoms with Crippen LogP contribution in [0.5, 0.6) is 5.88 Å². The van der Waals surface area contributed by atoms with Crippen molar-refractivity contribution in [2.75, 3.05) is 25.4 Å². The van der Waals surface area contributed by atoms with E-state index in [9.17, 15) is 4.79 Å². The molecule has 6 N–H and O–H groups in total. The average Bonchev–Trinajstić information content (AvgIpc) is 2.45. The first-order valence-electron chi connectivity index (χ1n) is 7.66. The van der Waals surface area contributed by atoms with Gasteiger partial charge in [-0.05, 0) is 45.7 Å². The number of carbonyl (C=O) groups excluding carboxylic acids is 1. The van der Waals surface area contributed by atoms with Crippen LogP contribution in [-0.4, -0.2) is 52.2 Å². The van der Waals surface area contributed by atoms with Gasteiger partial charge >= 0.3 is 6.09 Å². The molecule has 0 aromatic carbocycles. The molecular formula is C16H29N3O5. The molecule has 0 saturated carbocycles. The molecule has 1 saturated heterocycles. The number of nitrogens with two attached hydrogens (primary N) is 1. The minimum Gasteiger partial charge on any atom is -0.476 e. The van der Waals surface area contributed by atoms with E-state index in [1.807, 2.05) is 20.8 Å². The van der Waals surface area contributed by atoms with Crippen molar-refractivity contribution in [2.45, 2.75) is 39.2 Å². The molecule has 0 bridgehead atoms. The van der Waals surface area contributed by atoms with Gasteiger partial charge in [-0.15, -0.1) is 0 Å². The summed E-state index contributed by atoms with van der Waals surface area (Å²) in [5.74, 6) is 0.722. The van der Waals surface area contributed by atoms with E-state index < -0.39 is 5.60 Å². The fourth-order valence-corrected chi connectivity index (χ4v) is 2.41. The van der Waals surface area contributed by atoms with Crippen molar-refractivity contribution in [3.05, 3.63) is 18.3 Å². The van der Waals surface area contributed by atoms with E-state index in [1.54, 1.807) is 23.2 Å². The smallest absolute Gasteiger partial charge is 0.410 e. The standard InChI is InChI=1S/C16H25N3O3.2H2O/c1-16(2,3)22-15(20)19-9-5-6-12(10-19)11-21-14-13(17)7-4-8-18-14;;/h4,7-8,12H,5-6,9-11,17H2,1-3H3;2*1H2. The molecule has 1 unspecified atom stereocenters. The zero-order chi connectivity index (χ0) is 16.2.